The molecule has 1 atom stereocenters. The molecule has 2 nitrogen and oxygen atoms in total. The standard InChI is InChI=1S/C5H10NO.Sn.H/c1-7-5-3-2-4-6-5;;/h5H,2-4H2,1H3;;/q-1;+1;. The summed E-state index contributed by atoms with van der Waals surface area (Å²) in [5.74, 6) is 0. The number of ether oxygens (including phenoxy) is 1. The van der Waals surface area contributed by atoms with E-state index >= 15 is 0 Å². The number of hydrogen-bond acceptors (Lipinski definition) is 2. The van der Waals surface area contributed by atoms with Crippen LogP contribution in [0.25, 0.3) is 0 Å². The van der Waals surface area contributed by atoms with Crippen molar-refractivity contribution in [1.82, 2.24) is 3.12 Å². The molecule has 0 spiro atoms. The van der Waals surface area contributed by atoms with Crippen LogP contribution in [0.4, 0.5) is 0 Å². The number of methoxy groups -OCH3 is 1. The average molecular weight is 220 g/mol. The van der Waals surface area contributed by atoms with Gasteiger partial charge >= 0.3 is 63.4 Å². The molecule has 2 radical (unpaired) electrons. The molecule has 0 aliphatic carbocycles. The quantitative estimate of drug-likeness (QED) is 0.570. The van der Waals surface area contributed by atoms with Crippen molar-refractivity contribution in [3.63, 3.8) is 0 Å². The van der Waals surface area contributed by atoms with Crippen molar-refractivity contribution in [2.75, 3.05) is 13.7 Å². The Bertz CT molecular complexity index is 78.8. The first kappa shape index (κ1) is 6.83. The van der Waals surface area contributed by atoms with Crippen LogP contribution in [-0.4, -0.2) is 45.8 Å². The first-order valence-electron chi connectivity index (χ1n) is 2.88. The Kier molecular flexibility index (Phi) is 2.59. The van der Waals surface area contributed by atoms with Crippen LogP contribution in [0.2, 0.25) is 0 Å². The minimum absolute atomic E-state index is 0.456. The number of rotatable bonds is 1. The SMILES string of the molecule is COC1CCC[N]1[SnH]. The first-order valence-corrected chi connectivity index (χ1v) is 4.36. The van der Waals surface area contributed by atoms with Gasteiger partial charge in [0.15, 0.2) is 0 Å². The summed E-state index contributed by atoms with van der Waals surface area (Å²) in [5.41, 5.74) is 0. The molecule has 0 bridgehead atoms. The third kappa shape index (κ3) is 1.36. The molecule has 8 heavy (non-hydrogen) atoms. The van der Waals surface area contributed by atoms with Gasteiger partial charge < -0.3 is 0 Å². The van der Waals surface area contributed by atoms with E-state index in [0.717, 1.165) is 0 Å². The van der Waals surface area contributed by atoms with E-state index in [-0.39, 0.29) is 0 Å². The van der Waals surface area contributed by atoms with E-state index in [1.54, 1.807) is 7.11 Å². The van der Waals surface area contributed by atoms with Gasteiger partial charge in [-0.1, -0.05) is 0 Å². The predicted molar refractivity (Wildman–Crippen MR) is 33.9 cm³/mol. The Morgan fingerprint density at radius 3 is 2.75 bits per heavy atom. The van der Waals surface area contributed by atoms with E-state index in [1.807, 2.05) is 0 Å². The summed E-state index contributed by atoms with van der Waals surface area (Å²) < 4.78 is 7.55. The second kappa shape index (κ2) is 3.03. The molecule has 0 saturated carbocycles. The summed E-state index contributed by atoms with van der Waals surface area (Å²) in [6.07, 6.45) is 3.01. The van der Waals surface area contributed by atoms with Crippen LogP contribution in [-0.2, 0) is 4.74 Å². The van der Waals surface area contributed by atoms with Gasteiger partial charge in [0.25, 0.3) is 0 Å². The zero-order valence-electron chi connectivity index (χ0n) is 5.13. The first-order chi connectivity index (χ1) is 3.84. The van der Waals surface area contributed by atoms with Crippen LogP contribution in [0.3, 0.4) is 0 Å². The van der Waals surface area contributed by atoms with Crippen LogP contribution in [0.15, 0.2) is 0 Å². The average Bonchev–Trinajstić information content (AvgIpc) is 2.14. The molecule has 1 aliphatic rings. The van der Waals surface area contributed by atoms with E-state index in [4.69, 9.17) is 4.74 Å². The van der Waals surface area contributed by atoms with Gasteiger partial charge in [0.2, 0.25) is 0 Å². The van der Waals surface area contributed by atoms with E-state index in [1.165, 1.54) is 42.2 Å². The van der Waals surface area contributed by atoms with Crippen molar-refractivity contribution < 1.29 is 4.74 Å². The summed E-state index contributed by atoms with van der Waals surface area (Å²) in [7, 11) is 1.79. The summed E-state index contributed by atoms with van der Waals surface area (Å²) in [4.78, 5) is 0. The summed E-state index contributed by atoms with van der Waals surface area (Å²) in [6.45, 7) is 1.25. The van der Waals surface area contributed by atoms with Crippen molar-refractivity contribution in [3.05, 3.63) is 0 Å². The van der Waals surface area contributed by atoms with Crippen LogP contribution in [0.5, 0.6) is 0 Å². The summed E-state index contributed by atoms with van der Waals surface area (Å²) in [5, 5.41) is 0. The molecule has 0 amide bonds. The molecule has 0 aromatic carbocycles. The van der Waals surface area contributed by atoms with Gasteiger partial charge in [0.05, 0.1) is 0 Å². The molecule has 1 heterocycles. The van der Waals surface area contributed by atoms with E-state index < -0.39 is 0 Å². The van der Waals surface area contributed by atoms with Crippen molar-refractivity contribution in [3.8, 4) is 0 Å². The Labute approximate surface area is 63.6 Å². The Balaban J connectivity index is 2.30. The molecular weight excluding hydrogens is 209 g/mol. The maximum absolute atomic E-state index is 5.18. The third-order valence-corrected chi connectivity index (χ3v) is 3.20. The molecule has 0 aromatic heterocycles. The maximum atomic E-state index is 5.18. The van der Waals surface area contributed by atoms with Crippen molar-refractivity contribution in [1.29, 1.82) is 0 Å². The Hall–Kier alpha value is 0.719. The van der Waals surface area contributed by atoms with Gasteiger partial charge in [-0.2, -0.15) is 0 Å². The van der Waals surface area contributed by atoms with Gasteiger partial charge in [-0.3, -0.25) is 0 Å². The second-order valence-electron chi connectivity index (χ2n) is 2.07. The Morgan fingerprint density at radius 1 is 1.75 bits per heavy atom. The van der Waals surface area contributed by atoms with Crippen molar-refractivity contribution in [2.45, 2.75) is 19.1 Å². The number of hydrogen-bond donors (Lipinski definition) is 0. The molecule has 46 valence electrons. The van der Waals surface area contributed by atoms with Gasteiger partial charge in [-0.25, -0.2) is 0 Å². The van der Waals surface area contributed by atoms with Gasteiger partial charge in [-0.15, -0.1) is 0 Å². The molecule has 0 aromatic rings. The number of nitrogens with zero attached hydrogens (tertiary/aromatic N) is 1. The molecule has 0 N–H and O–H groups in total. The van der Waals surface area contributed by atoms with Crippen LogP contribution < -0.4 is 0 Å². The molecule has 1 aliphatic heterocycles. The fourth-order valence-electron chi connectivity index (χ4n) is 1.01. The van der Waals surface area contributed by atoms with E-state index in [9.17, 15) is 0 Å². The summed E-state index contributed by atoms with van der Waals surface area (Å²) in [6, 6.07) is 0. The monoisotopic (exact) mass is 221 g/mol. The summed E-state index contributed by atoms with van der Waals surface area (Å²) >= 11 is 1.21. The fraction of sp³-hybridized carbons (Fsp3) is 1.00. The van der Waals surface area contributed by atoms with Gasteiger partial charge in [-0.05, 0) is 0 Å². The zero-order valence-corrected chi connectivity index (χ0v) is 8.43. The van der Waals surface area contributed by atoms with E-state index in [0.29, 0.717) is 6.23 Å². The minimum atomic E-state index is 0.456. The van der Waals surface area contributed by atoms with Crippen LogP contribution in [0.1, 0.15) is 12.8 Å². The van der Waals surface area contributed by atoms with Crippen LogP contribution in [0, 0.1) is 0 Å². The molecule has 3 heteroatoms. The molecule has 1 fully saturated rings. The normalized spacial score (nSPS) is 31.5. The van der Waals surface area contributed by atoms with Gasteiger partial charge in [0.1, 0.15) is 0 Å². The zero-order chi connectivity index (χ0) is 5.98. The molecular formula is C5H11NOSn. The second-order valence-corrected chi connectivity index (χ2v) is 3.96. The molecule has 1 rings (SSSR count). The van der Waals surface area contributed by atoms with Crippen LogP contribution >= 0.6 is 0 Å². The predicted octanol–water partition coefficient (Wildman–Crippen LogP) is -0.130. The fourth-order valence-corrected chi connectivity index (χ4v) is 2.31. The van der Waals surface area contributed by atoms with Gasteiger partial charge in [0, 0.05) is 0 Å². The topological polar surface area (TPSA) is 12.5 Å². The van der Waals surface area contributed by atoms with Crippen molar-refractivity contribution in [2.24, 2.45) is 0 Å². The molecule has 1 unspecified atom stereocenters. The third-order valence-electron chi connectivity index (χ3n) is 1.51. The Morgan fingerprint density at radius 2 is 2.50 bits per heavy atom. The van der Waals surface area contributed by atoms with E-state index in [2.05, 4.69) is 3.12 Å². The molecule has 1 saturated heterocycles. The van der Waals surface area contributed by atoms with Crippen molar-refractivity contribution >= 4 is 22.8 Å².